The van der Waals surface area contributed by atoms with Gasteiger partial charge in [-0.05, 0) is 17.2 Å². The fourth-order valence-corrected chi connectivity index (χ4v) is 3.07. The quantitative estimate of drug-likeness (QED) is 0.279. The molecule has 0 heterocycles. The van der Waals surface area contributed by atoms with Gasteiger partial charge in [-0.2, -0.15) is 0 Å². The highest BCUT2D eigenvalue weighted by Crippen LogP contribution is 2.30. The van der Waals surface area contributed by atoms with Gasteiger partial charge in [0.2, 0.25) is 0 Å². The third kappa shape index (κ3) is 7.39. The van der Waals surface area contributed by atoms with Crippen molar-refractivity contribution in [3.63, 3.8) is 0 Å². The Morgan fingerprint density at radius 3 is 2.67 bits per heavy atom. The molecule has 1 aromatic rings. The van der Waals surface area contributed by atoms with E-state index in [0.29, 0.717) is 12.8 Å². The number of rotatable bonds is 11. The molecule has 0 aromatic heterocycles. The van der Waals surface area contributed by atoms with E-state index in [4.69, 9.17) is 5.11 Å². The number of thioether (sulfide) groups is 1. The summed E-state index contributed by atoms with van der Waals surface area (Å²) >= 11 is 1.29. The molecule has 2 N–H and O–H groups in total. The van der Waals surface area contributed by atoms with Crippen LogP contribution >= 0.6 is 11.8 Å². The Hall–Kier alpha value is -2.18. The van der Waals surface area contributed by atoms with E-state index in [1.807, 2.05) is 36.4 Å². The molecule has 1 aromatic carbocycles. The number of aliphatic carboxylic acids is 1. The van der Waals surface area contributed by atoms with E-state index in [9.17, 15) is 9.59 Å². The largest absolute Gasteiger partial charge is 0.481 e. The highest BCUT2D eigenvalue weighted by molar-refractivity contribution is 8.00. The van der Waals surface area contributed by atoms with Crippen molar-refractivity contribution in [1.82, 2.24) is 5.32 Å². The molecule has 0 spiro atoms. The number of carboxylic acid groups (broad SMARTS) is 1. The predicted octanol–water partition coefficient (Wildman–Crippen LogP) is 2.86. The van der Waals surface area contributed by atoms with E-state index in [2.05, 4.69) is 16.9 Å². The maximum absolute atomic E-state index is 11.2. The summed E-state index contributed by atoms with van der Waals surface area (Å²) in [5, 5.41) is 11.4. The van der Waals surface area contributed by atoms with Gasteiger partial charge in [-0.15, -0.1) is 11.8 Å². The first kappa shape index (κ1) is 19.9. The molecule has 0 saturated carbocycles. The number of carboxylic acids is 1. The lowest BCUT2D eigenvalue weighted by Crippen LogP contribution is -2.24. The summed E-state index contributed by atoms with van der Waals surface area (Å²) in [6, 6.07) is 9.61. The van der Waals surface area contributed by atoms with Crippen molar-refractivity contribution in [1.29, 1.82) is 0 Å². The lowest BCUT2D eigenvalue weighted by atomic mass is 10.2. The Balaban J connectivity index is 2.87. The topological polar surface area (TPSA) is 78.8 Å². The molecule has 24 heavy (non-hydrogen) atoms. The molecule has 0 fully saturated rings. The molecule has 128 valence electrons. The molecule has 0 aliphatic carbocycles. The average Bonchev–Trinajstić information content (AvgIpc) is 2.60. The number of nitrogens with one attached hydrogen (secondary N) is 1. The number of hydrogen-bond donors (Lipinski definition) is 2. The van der Waals surface area contributed by atoms with Gasteiger partial charge in [0.25, 0.3) is 0 Å². The first-order valence-corrected chi connectivity index (χ1v) is 8.39. The van der Waals surface area contributed by atoms with Gasteiger partial charge in [0.1, 0.15) is 6.29 Å². The number of carbonyl (C=O) groups excluding carboxylic acids is 1. The van der Waals surface area contributed by atoms with E-state index < -0.39 is 11.2 Å². The summed E-state index contributed by atoms with van der Waals surface area (Å²) < 4.78 is 0. The Bertz CT molecular complexity index is 600. The first-order valence-electron chi connectivity index (χ1n) is 7.45. The molecule has 0 aliphatic heterocycles. The third-order valence-corrected chi connectivity index (χ3v) is 4.47. The number of nitrogens with zero attached hydrogens (tertiary/aromatic N) is 1. The van der Waals surface area contributed by atoms with Crippen LogP contribution in [0.3, 0.4) is 0 Å². The molecular weight excluding hydrogens is 324 g/mol. The molecule has 2 atom stereocenters. The maximum Gasteiger partial charge on any atom is 0.304 e. The SMILES string of the molecule is C=C/C(=C\C=NC)CNC(SC(C=O)CC(=O)O)c1ccccc1. The Kier molecular flexibility index (Phi) is 9.41. The van der Waals surface area contributed by atoms with E-state index in [-0.39, 0.29) is 11.8 Å². The number of carbonyl (C=O) groups is 2. The number of aliphatic imine (C=N–C) groups is 1. The van der Waals surface area contributed by atoms with Gasteiger partial charge in [0, 0.05) is 19.8 Å². The molecule has 0 bridgehead atoms. The van der Waals surface area contributed by atoms with Crippen molar-refractivity contribution >= 4 is 30.2 Å². The van der Waals surface area contributed by atoms with Gasteiger partial charge in [-0.1, -0.05) is 43.0 Å². The van der Waals surface area contributed by atoms with Crippen LogP contribution in [0.5, 0.6) is 0 Å². The van der Waals surface area contributed by atoms with Crippen LogP contribution in [0.4, 0.5) is 0 Å². The standard InChI is InChI=1S/C18H22N2O3S/c1-3-14(9-10-19-2)12-20-18(15-7-5-4-6-8-15)24-16(13-21)11-17(22)23/h3-10,13,16,18,20H,1,11-12H2,2H3,(H,22,23)/b14-9+,19-10?. The molecular formula is C18H22N2O3S. The molecule has 0 saturated heterocycles. The third-order valence-electron chi connectivity index (χ3n) is 3.13. The van der Waals surface area contributed by atoms with Crippen LogP contribution in [0.1, 0.15) is 17.4 Å². The highest BCUT2D eigenvalue weighted by Gasteiger charge is 2.20. The van der Waals surface area contributed by atoms with Crippen LogP contribution in [0.2, 0.25) is 0 Å². The van der Waals surface area contributed by atoms with Crippen LogP contribution < -0.4 is 5.32 Å². The molecule has 0 radical (unpaired) electrons. The minimum Gasteiger partial charge on any atom is -0.481 e. The smallest absolute Gasteiger partial charge is 0.304 e. The average molecular weight is 346 g/mol. The molecule has 6 heteroatoms. The summed E-state index contributed by atoms with van der Waals surface area (Å²) in [5.41, 5.74) is 1.93. The minimum absolute atomic E-state index is 0.203. The summed E-state index contributed by atoms with van der Waals surface area (Å²) in [4.78, 5) is 26.0. The zero-order chi connectivity index (χ0) is 17.8. The molecule has 2 unspecified atom stereocenters. The Morgan fingerprint density at radius 1 is 1.42 bits per heavy atom. The number of benzene rings is 1. The van der Waals surface area contributed by atoms with Crippen LogP contribution in [-0.4, -0.2) is 42.4 Å². The van der Waals surface area contributed by atoms with Crippen LogP contribution in [0, 0.1) is 0 Å². The highest BCUT2D eigenvalue weighted by atomic mass is 32.2. The van der Waals surface area contributed by atoms with Crippen LogP contribution in [0.15, 0.2) is 59.6 Å². The zero-order valence-corrected chi connectivity index (χ0v) is 14.4. The van der Waals surface area contributed by atoms with E-state index >= 15 is 0 Å². The van der Waals surface area contributed by atoms with E-state index in [1.54, 1.807) is 19.3 Å². The van der Waals surface area contributed by atoms with Gasteiger partial charge in [-0.25, -0.2) is 0 Å². The van der Waals surface area contributed by atoms with E-state index in [0.717, 1.165) is 11.1 Å². The van der Waals surface area contributed by atoms with Gasteiger partial charge < -0.3 is 9.90 Å². The number of hydrogen-bond acceptors (Lipinski definition) is 5. The predicted molar refractivity (Wildman–Crippen MR) is 99.6 cm³/mol. The second-order valence-electron chi connectivity index (χ2n) is 4.93. The van der Waals surface area contributed by atoms with Crippen LogP contribution in [-0.2, 0) is 9.59 Å². The van der Waals surface area contributed by atoms with Crippen molar-refractivity contribution in [3.8, 4) is 0 Å². The fraction of sp³-hybridized carbons (Fsp3) is 0.278. The van der Waals surface area contributed by atoms with Gasteiger partial charge in [0.05, 0.1) is 17.0 Å². The number of aldehydes is 1. The second-order valence-corrected chi connectivity index (χ2v) is 6.28. The normalized spacial score (nSPS) is 14.3. The van der Waals surface area contributed by atoms with Crippen molar-refractivity contribution in [2.24, 2.45) is 4.99 Å². The zero-order valence-electron chi connectivity index (χ0n) is 13.6. The summed E-state index contributed by atoms with van der Waals surface area (Å²) in [6.07, 6.45) is 5.75. The lowest BCUT2D eigenvalue weighted by Gasteiger charge is -2.21. The monoisotopic (exact) mass is 346 g/mol. The molecule has 5 nitrogen and oxygen atoms in total. The van der Waals surface area contributed by atoms with E-state index in [1.165, 1.54) is 11.8 Å². The first-order chi connectivity index (χ1) is 11.6. The van der Waals surface area contributed by atoms with Crippen molar-refractivity contribution in [3.05, 3.63) is 60.2 Å². The van der Waals surface area contributed by atoms with Crippen molar-refractivity contribution in [2.75, 3.05) is 13.6 Å². The van der Waals surface area contributed by atoms with Crippen molar-refractivity contribution in [2.45, 2.75) is 17.0 Å². The lowest BCUT2D eigenvalue weighted by molar-refractivity contribution is -0.137. The maximum atomic E-state index is 11.2. The summed E-state index contributed by atoms with van der Waals surface area (Å²) in [7, 11) is 1.69. The van der Waals surface area contributed by atoms with Gasteiger partial charge in [0.15, 0.2) is 0 Å². The Morgan fingerprint density at radius 2 is 2.12 bits per heavy atom. The molecule has 0 amide bonds. The molecule has 1 rings (SSSR count). The number of allylic oxidation sites excluding steroid dienone is 1. The second kappa shape index (κ2) is 11.4. The summed E-state index contributed by atoms with van der Waals surface area (Å²) in [6.45, 7) is 4.30. The Labute approximate surface area is 146 Å². The van der Waals surface area contributed by atoms with Crippen LogP contribution in [0.25, 0.3) is 0 Å². The van der Waals surface area contributed by atoms with Gasteiger partial charge >= 0.3 is 5.97 Å². The minimum atomic E-state index is -0.989. The van der Waals surface area contributed by atoms with Gasteiger partial charge in [-0.3, -0.25) is 15.1 Å². The summed E-state index contributed by atoms with van der Waals surface area (Å²) in [5.74, 6) is -0.989. The fourth-order valence-electron chi connectivity index (χ4n) is 1.93. The van der Waals surface area contributed by atoms with Crippen molar-refractivity contribution < 1.29 is 14.7 Å². The molecule has 0 aliphatic rings.